The van der Waals surface area contributed by atoms with Crippen LogP contribution >= 0.6 is 0 Å². The highest BCUT2D eigenvalue weighted by atomic mass is 16.4. The first-order valence-electron chi connectivity index (χ1n) is 5.75. The van der Waals surface area contributed by atoms with Crippen LogP contribution in [0.5, 0.6) is 0 Å². The molecule has 1 aromatic rings. The minimum atomic E-state index is -1.08. The van der Waals surface area contributed by atoms with Crippen molar-refractivity contribution in [2.45, 2.75) is 32.4 Å². The third-order valence-corrected chi connectivity index (χ3v) is 2.75. The number of aliphatic carboxylic acids is 1. The number of hydrogen-bond donors (Lipinski definition) is 3. The van der Waals surface area contributed by atoms with Crippen LogP contribution in [0.25, 0.3) is 0 Å². The van der Waals surface area contributed by atoms with Gasteiger partial charge in [0.05, 0.1) is 18.5 Å². The van der Waals surface area contributed by atoms with E-state index in [9.17, 15) is 9.59 Å². The lowest BCUT2D eigenvalue weighted by molar-refractivity contribution is -0.139. The van der Waals surface area contributed by atoms with Gasteiger partial charge in [0.2, 0.25) is 5.91 Å². The predicted molar refractivity (Wildman–Crippen MR) is 68.0 cm³/mol. The summed E-state index contributed by atoms with van der Waals surface area (Å²) in [5.41, 5.74) is 7.55. The molecule has 1 rings (SSSR count). The number of aryl methyl sites for hydroxylation is 1. The van der Waals surface area contributed by atoms with Crippen LogP contribution < -0.4 is 11.1 Å². The molecule has 0 heterocycles. The number of carboxylic acids is 1. The van der Waals surface area contributed by atoms with Gasteiger partial charge < -0.3 is 16.2 Å². The molecule has 0 saturated carbocycles. The predicted octanol–water partition coefficient (Wildman–Crippen LogP) is 0.974. The molecule has 0 bridgehead atoms. The van der Waals surface area contributed by atoms with Crippen molar-refractivity contribution >= 4 is 11.9 Å². The lowest BCUT2D eigenvalue weighted by Crippen LogP contribution is -2.42. The van der Waals surface area contributed by atoms with Gasteiger partial charge in [-0.3, -0.25) is 9.59 Å². The molecule has 1 unspecified atom stereocenters. The van der Waals surface area contributed by atoms with Crippen LogP contribution in [0, 0.1) is 6.92 Å². The smallest absolute Gasteiger partial charge is 0.305 e. The van der Waals surface area contributed by atoms with Crippen molar-refractivity contribution in [2.24, 2.45) is 5.73 Å². The van der Waals surface area contributed by atoms with E-state index in [-0.39, 0.29) is 12.5 Å². The number of carboxylic acid groups (broad SMARTS) is 1. The van der Waals surface area contributed by atoms with Gasteiger partial charge in [0.1, 0.15) is 0 Å². The summed E-state index contributed by atoms with van der Waals surface area (Å²) in [7, 11) is 0. The standard InChI is InChI=1S/C13H18N2O3/c1-8-5-3-4-6-10(8)9(2)15-13(18)11(14)7-12(16)17/h3-6,9,11H,7,14H2,1-2H3,(H,15,18)(H,16,17)/t9-,11?/m1/s1. The first kappa shape index (κ1) is 14.2. The van der Waals surface area contributed by atoms with E-state index in [4.69, 9.17) is 10.8 Å². The quantitative estimate of drug-likeness (QED) is 0.726. The van der Waals surface area contributed by atoms with Crippen LogP contribution in [0.3, 0.4) is 0 Å². The SMILES string of the molecule is Cc1ccccc1[C@@H](C)NC(=O)C(N)CC(=O)O. The van der Waals surface area contributed by atoms with Crippen molar-refractivity contribution in [3.05, 3.63) is 35.4 Å². The van der Waals surface area contributed by atoms with Gasteiger partial charge in [-0.2, -0.15) is 0 Å². The first-order valence-corrected chi connectivity index (χ1v) is 5.75. The zero-order valence-corrected chi connectivity index (χ0v) is 10.5. The highest BCUT2D eigenvalue weighted by molar-refractivity contribution is 5.86. The maximum atomic E-state index is 11.7. The summed E-state index contributed by atoms with van der Waals surface area (Å²) >= 11 is 0. The van der Waals surface area contributed by atoms with E-state index in [1.54, 1.807) is 0 Å². The molecule has 18 heavy (non-hydrogen) atoms. The molecule has 1 amide bonds. The van der Waals surface area contributed by atoms with Crippen LogP contribution in [-0.2, 0) is 9.59 Å². The Morgan fingerprint density at radius 1 is 1.39 bits per heavy atom. The van der Waals surface area contributed by atoms with Crippen molar-refractivity contribution < 1.29 is 14.7 Å². The molecule has 1 aromatic carbocycles. The summed E-state index contributed by atoms with van der Waals surface area (Å²) in [4.78, 5) is 22.1. The lowest BCUT2D eigenvalue weighted by Gasteiger charge is -2.18. The third-order valence-electron chi connectivity index (χ3n) is 2.75. The Morgan fingerprint density at radius 3 is 2.56 bits per heavy atom. The van der Waals surface area contributed by atoms with Crippen LogP contribution in [0.2, 0.25) is 0 Å². The number of nitrogens with one attached hydrogen (secondary N) is 1. The highest BCUT2D eigenvalue weighted by Gasteiger charge is 2.19. The molecule has 0 aliphatic heterocycles. The van der Waals surface area contributed by atoms with Gasteiger partial charge in [0.15, 0.2) is 0 Å². The zero-order chi connectivity index (χ0) is 13.7. The number of hydrogen-bond acceptors (Lipinski definition) is 3. The lowest BCUT2D eigenvalue weighted by atomic mass is 10.0. The average molecular weight is 250 g/mol. The molecular formula is C13H18N2O3. The second-order valence-electron chi connectivity index (χ2n) is 4.29. The zero-order valence-electron chi connectivity index (χ0n) is 10.5. The molecular weight excluding hydrogens is 232 g/mol. The van der Waals surface area contributed by atoms with Crippen molar-refractivity contribution in [2.75, 3.05) is 0 Å². The highest BCUT2D eigenvalue weighted by Crippen LogP contribution is 2.16. The number of rotatable bonds is 5. The molecule has 0 radical (unpaired) electrons. The molecule has 0 saturated heterocycles. The Balaban J connectivity index is 2.65. The number of carbonyl (C=O) groups excluding carboxylic acids is 1. The Morgan fingerprint density at radius 2 is 2.00 bits per heavy atom. The summed E-state index contributed by atoms with van der Waals surface area (Å²) in [6.07, 6.45) is -0.369. The van der Waals surface area contributed by atoms with Crippen molar-refractivity contribution in [1.82, 2.24) is 5.32 Å². The Kier molecular flexibility index (Phi) is 4.85. The van der Waals surface area contributed by atoms with E-state index in [0.717, 1.165) is 11.1 Å². The van der Waals surface area contributed by atoms with Gasteiger partial charge in [-0.15, -0.1) is 0 Å². The molecule has 98 valence electrons. The monoisotopic (exact) mass is 250 g/mol. The fraction of sp³-hybridized carbons (Fsp3) is 0.385. The number of benzene rings is 1. The summed E-state index contributed by atoms with van der Waals surface area (Å²) < 4.78 is 0. The molecule has 0 fully saturated rings. The second-order valence-corrected chi connectivity index (χ2v) is 4.29. The van der Waals surface area contributed by atoms with Crippen molar-refractivity contribution in [1.29, 1.82) is 0 Å². The summed E-state index contributed by atoms with van der Waals surface area (Å²) in [5.74, 6) is -1.53. The van der Waals surface area contributed by atoms with E-state index < -0.39 is 17.9 Å². The molecule has 0 spiro atoms. The first-order chi connectivity index (χ1) is 8.41. The molecule has 4 N–H and O–H groups in total. The molecule has 0 aromatic heterocycles. The summed E-state index contributed by atoms with van der Waals surface area (Å²) in [5, 5.41) is 11.3. The molecule has 5 heteroatoms. The van der Waals surface area contributed by atoms with E-state index in [1.807, 2.05) is 38.1 Å². The Hall–Kier alpha value is -1.88. The number of nitrogens with two attached hydrogens (primary N) is 1. The molecule has 0 aliphatic rings. The minimum absolute atomic E-state index is 0.196. The molecule has 5 nitrogen and oxygen atoms in total. The Bertz CT molecular complexity index is 446. The van der Waals surface area contributed by atoms with Gasteiger partial charge in [-0.1, -0.05) is 24.3 Å². The van der Waals surface area contributed by atoms with E-state index in [1.165, 1.54) is 0 Å². The Labute approximate surface area is 106 Å². The van der Waals surface area contributed by atoms with Crippen molar-refractivity contribution in [3.63, 3.8) is 0 Å². The average Bonchev–Trinajstić information content (AvgIpc) is 2.28. The van der Waals surface area contributed by atoms with E-state index >= 15 is 0 Å². The summed E-state index contributed by atoms with van der Waals surface area (Å²) in [6, 6.07) is 6.47. The van der Waals surface area contributed by atoms with Crippen LogP contribution in [0.1, 0.15) is 30.5 Å². The molecule has 0 aliphatic carbocycles. The molecule has 2 atom stereocenters. The summed E-state index contributed by atoms with van der Waals surface area (Å²) in [6.45, 7) is 3.79. The minimum Gasteiger partial charge on any atom is -0.481 e. The van der Waals surface area contributed by atoms with Gasteiger partial charge in [-0.25, -0.2) is 0 Å². The topological polar surface area (TPSA) is 92.4 Å². The number of amides is 1. The number of carbonyl (C=O) groups is 2. The van der Waals surface area contributed by atoms with Gasteiger partial charge in [0, 0.05) is 0 Å². The van der Waals surface area contributed by atoms with E-state index in [0.29, 0.717) is 0 Å². The van der Waals surface area contributed by atoms with Gasteiger partial charge >= 0.3 is 5.97 Å². The van der Waals surface area contributed by atoms with Crippen LogP contribution in [-0.4, -0.2) is 23.0 Å². The van der Waals surface area contributed by atoms with Gasteiger partial charge in [0.25, 0.3) is 0 Å². The maximum absolute atomic E-state index is 11.7. The second kappa shape index (κ2) is 6.16. The van der Waals surface area contributed by atoms with Crippen LogP contribution in [0.15, 0.2) is 24.3 Å². The third kappa shape index (κ3) is 3.85. The fourth-order valence-electron chi connectivity index (χ4n) is 1.75. The fourth-order valence-corrected chi connectivity index (χ4v) is 1.75. The van der Waals surface area contributed by atoms with E-state index in [2.05, 4.69) is 5.32 Å². The largest absolute Gasteiger partial charge is 0.481 e. The van der Waals surface area contributed by atoms with Crippen molar-refractivity contribution in [3.8, 4) is 0 Å². The maximum Gasteiger partial charge on any atom is 0.305 e. The van der Waals surface area contributed by atoms with Crippen LogP contribution in [0.4, 0.5) is 0 Å². The normalized spacial score (nSPS) is 13.7. The van der Waals surface area contributed by atoms with Gasteiger partial charge in [-0.05, 0) is 25.0 Å².